The highest BCUT2D eigenvalue weighted by Crippen LogP contribution is 2.62. The van der Waals surface area contributed by atoms with Crippen molar-refractivity contribution in [2.45, 2.75) is 21.3 Å². The lowest BCUT2D eigenvalue weighted by atomic mass is 10.1. The first-order valence-electron chi connectivity index (χ1n) is 9.69. The molecular formula is C25H15F5OS. The average Bonchev–Trinajstić information content (AvgIpc) is 3.16. The molecule has 1 aliphatic heterocycles. The molecule has 0 radical (unpaired) electrons. The molecule has 1 heterocycles. The molecule has 0 bridgehead atoms. The third kappa shape index (κ3) is 3.24. The number of halogens is 5. The van der Waals surface area contributed by atoms with Gasteiger partial charge < -0.3 is 4.74 Å². The lowest BCUT2D eigenvalue weighted by molar-refractivity contribution is 0.279. The van der Waals surface area contributed by atoms with Crippen molar-refractivity contribution in [3.63, 3.8) is 0 Å². The lowest BCUT2D eigenvalue weighted by Crippen LogP contribution is -2.09. The standard InChI is InChI=1S/C25H15F5OS/c26-21-18(22(27)24(29)25(30)23(21)28)13-31-14-9-11-15(12-10-14)32-19-7-3-1-5-16(19)17-6-2-4-8-20(17)32/h1-12,32H,13H2. The lowest BCUT2D eigenvalue weighted by Gasteiger charge is -2.19. The first-order chi connectivity index (χ1) is 15.5. The third-order valence-corrected chi connectivity index (χ3v) is 7.92. The summed E-state index contributed by atoms with van der Waals surface area (Å²) in [5, 5.41) is 0. The van der Waals surface area contributed by atoms with Crippen LogP contribution in [0.25, 0.3) is 11.1 Å². The van der Waals surface area contributed by atoms with Crippen LogP contribution in [-0.2, 0) is 6.61 Å². The van der Waals surface area contributed by atoms with Crippen molar-refractivity contribution in [1.82, 2.24) is 0 Å². The van der Waals surface area contributed by atoms with E-state index in [1.165, 1.54) is 20.9 Å². The summed E-state index contributed by atoms with van der Waals surface area (Å²) >= 11 is 0. The fourth-order valence-electron chi connectivity index (χ4n) is 3.82. The molecule has 0 fully saturated rings. The smallest absolute Gasteiger partial charge is 0.200 e. The molecule has 162 valence electrons. The van der Waals surface area contributed by atoms with Crippen LogP contribution >= 0.6 is 10.9 Å². The monoisotopic (exact) mass is 458 g/mol. The van der Waals surface area contributed by atoms with Gasteiger partial charge in [0.2, 0.25) is 5.82 Å². The summed E-state index contributed by atoms with van der Waals surface area (Å²) in [5.74, 6) is -9.68. The first kappa shape index (κ1) is 20.6. The minimum Gasteiger partial charge on any atom is -0.489 e. The second-order valence-electron chi connectivity index (χ2n) is 7.20. The summed E-state index contributed by atoms with van der Waals surface area (Å²) in [7, 11) is -0.776. The van der Waals surface area contributed by atoms with Crippen molar-refractivity contribution < 1.29 is 26.7 Å². The highest BCUT2D eigenvalue weighted by Gasteiger charge is 2.27. The van der Waals surface area contributed by atoms with Crippen LogP contribution < -0.4 is 4.74 Å². The Labute approximate surface area is 183 Å². The average molecular weight is 458 g/mol. The van der Waals surface area contributed by atoms with Gasteiger partial charge in [-0.2, -0.15) is 10.9 Å². The van der Waals surface area contributed by atoms with Crippen LogP contribution in [-0.4, -0.2) is 0 Å². The highest BCUT2D eigenvalue weighted by molar-refractivity contribution is 8.17. The quantitative estimate of drug-likeness (QED) is 0.128. The van der Waals surface area contributed by atoms with Crippen molar-refractivity contribution in [2.75, 3.05) is 0 Å². The molecule has 4 aromatic rings. The van der Waals surface area contributed by atoms with Gasteiger partial charge in [0, 0.05) is 9.79 Å². The summed E-state index contributed by atoms with van der Waals surface area (Å²) in [6.45, 7) is -0.786. The van der Waals surface area contributed by atoms with Gasteiger partial charge in [0.15, 0.2) is 23.3 Å². The van der Waals surface area contributed by atoms with E-state index in [9.17, 15) is 22.0 Å². The maximum absolute atomic E-state index is 13.9. The van der Waals surface area contributed by atoms with Crippen LogP contribution in [0.15, 0.2) is 87.5 Å². The van der Waals surface area contributed by atoms with Gasteiger partial charge in [-0.05, 0) is 52.4 Å². The molecule has 0 amide bonds. The Morgan fingerprint density at radius 3 is 1.56 bits per heavy atom. The number of hydrogen-bond acceptors (Lipinski definition) is 1. The molecule has 0 aromatic heterocycles. The van der Waals surface area contributed by atoms with E-state index < -0.39 is 52.2 Å². The van der Waals surface area contributed by atoms with E-state index in [1.54, 1.807) is 12.1 Å². The van der Waals surface area contributed by atoms with E-state index in [1.807, 2.05) is 36.4 Å². The van der Waals surface area contributed by atoms with Gasteiger partial charge in [-0.3, -0.25) is 0 Å². The Morgan fingerprint density at radius 1 is 0.562 bits per heavy atom. The van der Waals surface area contributed by atoms with Crippen LogP contribution in [0, 0.1) is 29.1 Å². The molecule has 0 unspecified atom stereocenters. The molecule has 0 saturated heterocycles. The first-order valence-corrected chi connectivity index (χ1v) is 11.0. The highest BCUT2D eigenvalue weighted by atomic mass is 32.2. The molecule has 0 N–H and O–H groups in total. The predicted octanol–water partition coefficient (Wildman–Crippen LogP) is 7.42. The van der Waals surface area contributed by atoms with Crippen molar-refractivity contribution in [1.29, 1.82) is 0 Å². The molecule has 1 nitrogen and oxygen atoms in total. The van der Waals surface area contributed by atoms with E-state index >= 15 is 0 Å². The maximum atomic E-state index is 13.9. The zero-order chi connectivity index (χ0) is 22.4. The van der Waals surface area contributed by atoms with Crippen LogP contribution in [0.2, 0.25) is 0 Å². The molecule has 32 heavy (non-hydrogen) atoms. The van der Waals surface area contributed by atoms with Gasteiger partial charge in [-0.15, -0.1) is 0 Å². The van der Waals surface area contributed by atoms with Gasteiger partial charge in [-0.1, -0.05) is 36.4 Å². The molecule has 0 spiro atoms. The number of ether oxygens (including phenoxy) is 1. The van der Waals surface area contributed by atoms with Gasteiger partial charge in [-0.25, -0.2) is 22.0 Å². The zero-order valence-electron chi connectivity index (χ0n) is 16.4. The second-order valence-corrected chi connectivity index (χ2v) is 9.35. The molecular weight excluding hydrogens is 443 g/mol. The normalized spacial score (nSPS) is 13.1. The Morgan fingerprint density at radius 2 is 1.03 bits per heavy atom. The fraction of sp³-hybridized carbons (Fsp3) is 0.0400. The summed E-state index contributed by atoms with van der Waals surface area (Å²) in [5.41, 5.74) is 1.38. The van der Waals surface area contributed by atoms with Crippen molar-refractivity contribution in [3.05, 3.63) is 107 Å². The Bertz CT molecular complexity index is 1260. The van der Waals surface area contributed by atoms with E-state index in [2.05, 4.69) is 24.3 Å². The molecule has 0 aliphatic carbocycles. The van der Waals surface area contributed by atoms with Gasteiger partial charge in [0.25, 0.3) is 0 Å². The Balaban J connectivity index is 1.42. The maximum Gasteiger partial charge on any atom is 0.200 e. The summed E-state index contributed by atoms with van der Waals surface area (Å²) in [4.78, 5) is 3.53. The molecule has 5 rings (SSSR count). The minimum atomic E-state index is -2.19. The topological polar surface area (TPSA) is 9.23 Å². The number of benzene rings is 4. The van der Waals surface area contributed by atoms with Crippen LogP contribution in [0.1, 0.15) is 5.56 Å². The summed E-state index contributed by atoms with van der Waals surface area (Å²) < 4.78 is 73.0. The van der Waals surface area contributed by atoms with Crippen molar-refractivity contribution in [3.8, 4) is 16.9 Å². The SMILES string of the molecule is Fc1c(F)c(F)c(COc2ccc([SH]3c4ccccc4-c4ccccc43)cc2)c(F)c1F. The Hall–Kier alpha value is -3.32. The van der Waals surface area contributed by atoms with Crippen molar-refractivity contribution in [2.24, 2.45) is 0 Å². The van der Waals surface area contributed by atoms with Crippen LogP contribution in [0.5, 0.6) is 5.75 Å². The van der Waals surface area contributed by atoms with E-state index in [-0.39, 0.29) is 5.75 Å². The third-order valence-electron chi connectivity index (χ3n) is 5.36. The molecule has 1 aliphatic rings. The molecule has 7 heteroatoms. The van der Waals surface area contributed by atoms with Crippen LogP contribution in [0.3, 0.4) is 0 Å². The molecule has 4 aromatic carbocycles. The summed E-state index contributed by atoms with van der Waals surface area (Å²) in [6, 6.07) is 23.4. The molecule has 0 atom stereocenters. The number of thiol groups is 1. The fourth-order valence-corrected chi connectivity index (χ4v) is 6.43. The molecule has 0 saturated carbocycles. The van der Waals surface area contributed by atoms with Gasteiger partial charge >= 0.3 is 0 Å². The minimum absolute atomic E-state index is 0.258. The van der Waals surface area contributed by atoms with Crippen LogP contribution in [0.4, 0.5) is 22.0 Å². The van der Waals surface area contributed by atoms with Gasteiger partial charge in [0.1, 0.15) is 12.4 Å². The van der Waals surface area contributed by atoms with E-state index in [4.69, 9.17) is 4.74 Å². The largest absolute Gasteiger partial charge is 0.489 e. The predicted molar refractivity (Wildman–Crippen MR) is 113 cm³/mol. The summed E-state index contributed by atoms with van der Waals surface area (Å²) in [6.07, 6.45) is 0. The Kier molecular flexibility index (Phi) is 5.13. The number of fused-ring (bicyclic) bond motifs is 3. The van der Waals surface area contributed by atoms with E-state index in [0.29, 0.717) is 0 Å². The number of rotatable bonds is 4. The number of hydrogen-bond donors (Lipinski definition) is 1. The van der Waals surface area contributed by atoms with Gasteiger partial charge in [0.05, 0.1) is 5.56 Å². The zero-order valence-corrected chi connectivity index (χ0v) is 17.3. The second kappa shape index (κ2) is 7.98. The van der Waals surface area contributed by atoms with Crippen molar-refractivity contribution >= 4 is 10.9 Å². The van der Waals surface area contributed by atoms with E-state index in [0.717, 1.165) is 4.90 Å².